The van der Waals surface area contributed by atoms with Gasteiger partial charge in [-0.15, -0.1) is 0 Å². The van der Waals surface area contributed by atoms with Gasteiger partial charge in [0.2, 0.25) is 0 Å². The standard InChI is InChI=1S/C21H29N5O2/c1-4-28-20(27)18-7-5-17(6-8-18)13-24-21(22-3)25-11-9-16(2)19(14-25)26-12-10-23-15-26/h5-8,10,12,15-16,19H,4,9,11,13-14H2,1-3H3,(H,22,24). The number of guanidine groups is 1. The Morgan fingerprint density at radius 2 is 2.14 bits per heavy atom. The monoisotopic (exact) mass is 383 g/mol. The zero-order valence-corrected chi connectivity index (χ0v) is 16.8. The third-order valence-electron chi connectivity index (χ3n) is 5.25. The second-order valence-corrected chi connectivity index (χ2v) is 7.11. The lowest BCUT2D eigenvalue weighted by Gasteiger charge is -2.39. The quantitative estimate of drug-likeness (QED) is 0.488. The fourth-order valence-corrected chi connectivity index (χ4v) is 3.58. The number of hydrogen-bond donors (Lipinski definition) is 1. The molecule has 0 bridgehead atoms. The predicted octanol–water partition coefficient (Wildman–Crippen LogP) is 2.72. The molecule has 1 aromatic carbocycles. The molecular formula is C21H29N5O2. The Labute approximate surface area is 166 Å². The molecule has 2 aromatic rings. The minimum Gasteiger partial charge on any atom is -0.462 e. The van der Waals surface area contributed by atoms with Gasteiger partial charge in [-0.2, -0.15) is 0 Å². The van der Waals surface area contributed by atoms with Crippen molar-refractivity contribution in [1.82, 2.24) is 19.8 Å². The summed E-state index contributed by atoms with van der Waals surface area (Å²) >= 11 is 0. The van der Waals surface area contributed by atoms with Gasteiger partial charge >= 0.3 is 5.97 Å². The molecule has 1 fully saturated rings. The van der Waals surface area contributed by atoms with Crippen molar-refractivity contribution in [1.29, 1.82) is 0 Å². The molecule has 28 heavy (non-hydrogen) atoms. The van der Waals surface area contributed by atoms with Crippen LogP contribution in [0.2, 0.25) is 0 Å². The highest BCUT2D eigenvalue weighted by molar-refractivity contribution is 5.89. The van der Waals surface area contributed by atoms with Gasteiger partial charge in [-0.25, -0.2) is 9.78 Å². The van der Waals surface area contributed by atoms with Crippen LogP contribution in [0.15, 0.2) is 48.0 Å². The molecule has 1 aliphatic rings. The minimum absolute atomic E-state index is 0.286. The van der Waals surface area contributed by atoms with E-state index in [4.69, 9.17) is 4.74 Å². The van der Waals surface area contributed by atoms with Crippen LogP contribution in [-0.2, 0) is 11.3 Å². The number of piperidine rings is 1. The number of carbonyl (C=O) groups is 1. The van der Waals surface area contributed by atoms with Crippen molar-refractivity contribution < 1.29 is 9.53 Å². The molecule has 1 N–H and O–H groups in total. The molecule has 0 radical (unpaired) electrons. The van der Waals surface area contributed by atoms with Crippen molar-refractivity contribution >= 4 is 11.9 Å². The molecule has 0 amide bonds. The number of aliphatic imine (C=N–C) groups is 1. The molecule has 0 aliphatic carbocycles. The summed E-state index contributed by atoms with van der Waals surface area (Å²) in [5.74, 6) is 1.20. The molecule has 7 nitrogen and oxygen atoms in total. The van der Waals surface area contributed by atoms with Crippen LogP contribution in [0.1, 0.15) is 42.2 Å². The van der Waals surface area contributed by atoms with Crippen molar-refractivity contribution in [2.45, 2.75) is 32.9 Å². The Kier molecular flexibility index (Phi) is 6.68. The van der Waals surface area contributed by atoms with Gasteiger partial charge in [0, 0.05) is 39.1 Å². The number of imidazole rings is 1. The number of rotatable bonds is 5. The maximum atomic E-state index is 11.8. The lowest BCUT2D eigenvalue weighted by Crippen LogP contribution is -2.48. The first kappa shape index (κ1) is 19.9. The number of benzene rings is 1. The molecule has 0 saturated carbocycles. The van der Waals surface area contributed by atoms with Crippen molar-refractivity contribution in [3.8, 4) is 0 Å². The number of carbonyl (C=O) groups excluding carboxylic acids is 1. The van der Waals surface area contributed by atoms with Gasteiger partial charge in [0.05, 0.1) is 24.5 Å². The molecule has 7 heteroatoms. The van der Waals surface area contributed by atoms with Crippen LogP contribution >= 0.6 is 0 Å². The molecule has 1 aliphatic heterocycles. The average molecular weight is 383 g/mol. The van der Waals surface area contributed by atoms with Gasteiger partial charge in [0.25, 0.3) is 0 Å². The Hall–Kier alpha value is -2.83. The van der Waals surface area contributed by atoms with E-state index >= 15 is 0 Å². The van der Waals surface area contributed by atoms with Gasteiger partial charge in [0.1, 0.15) is 0 Å². The topological polar surface area (TPSA) is 71.8 Å². The van der Waals surface area contributed by atoms with Crippen LogP contribution in [0.4, 0.5) is 0 Å². The van der Waals surface area contributed by atoms with Crippen molar-refractivity contribution in [3.63, 3.8) is 0 Å². The summed E-state index contributed by atoms with van der Waals surface area (Å²) in [6.45, 7) is 7.02. The predicted molar refractivity (Wildman–Crippen MR) is 109 cm³/mol. The van der Waals surface area contributed by atoms with Gasteiger partial charge in [-0.3, -0.25) is 4.99 Å². The zero-order chi connectivity index (χ0) is 19.9. The number of likely N-dealkylation sites (tertiary alicyclic amines) is 1. The molecule has 2 unspecified atom stereocenters. The summed E-state index contributed by atoms with van der Waals surface area (Å²) < 4.78 is 7.22. The van der Waals surface area contributed by atoms with Crippen LogP contribution in [0.25, 0.3) is 0 Å². The summed E-state index contributed by atoms with van der Waals surface area (Å²) in [6.07, 6.45) is 6.87. The Balaban J connectivity index is 1.59. The van der Waals surface area contributed by atoms with Crippen LogP contribution in [0.5, 0.6) is 0 Å². The average Bonchev–Trinajstić information content (AvgIpc) is 3.24. The number of nitrogens with one attached hydrogen (secondary N) is 1. The maximum Gasteiger partial charge on any atom is 0.338 e. The first-order chi connectivity index (χ1) is 13.6. The maximum absolute atomic E-state index is 11.8. The van der Waals surface area contributed by atoms with Gasteiger partial charge in [-0.1, -0.05) is 19.1 Å². The largest absolute Gasteiger partial charge is 0.462 e. The van der Waals surface area contributed by atoms with Crippen molar-refractivity contribution in [2.24, 2.45) is 10.9 Å². The Morgan fingerprint density at radius 1 is 1.36 bits per heavy atom. The third-order valence-corrected chi connectivity index (χ3v) is 5.25. The van der Waals surface area contributed by atoms with Crippen LogP contribution in [0.3, 0.4) is 0 Å². The Morgan fingerprint density at radius 3 is 2.79 bits per heavy atom. The van der Waals surface area contributed by atoms with Crippen LogP contribution < -0.4 is 5.32 Å². The normalized spacial score (nSPS) is 20.1. The molecule has 3 rings (SSSR count). The summed E-state index contributed by atoms with van der Waals surface area (Å²) in [4.78, 5) is 22.7. The van der Waals surface area contributed by atoms with E-state index in [1.54, 1.807) is 19.1 Å². The highest BCUT2D eigenvalue weighted by Gasteiger charge is 2.28. The fourth-order valence-electron chi connectivity index (χ4n) is 3.58. The highest BCUT2D eigenvalue weighted by Crippen LogP contribution is 2.27. The first-order valence-electron chi connectivity index (χ1n) is 9.81. The summed E-state index contributed by atoms with van der Waals surface area (Å²) in [7, 11) is 1.82. The van der Waals surface area contributed by atoms with Gasteiger partial charge < -0.3 is 19.5 Å². The summed E-state index contributed by atoms with van der Waals surface area (Å²) in [5, 5.41) is 3.44. The number of nitrogens with zero attached hydrogens (tertiary/aromatic N) is 4. The van der Waals surface area contributed by atoms with E-state index in [0.717, 1.165) is 31.0 Å². The number of aromatic nitrogens is 2. The second kappa shape index (κ2) is 9.39. The summed E-state index contributed by atoms with van der Waals surface area (Å²) in [6, 6.07) is 7.88. The third kappa shape index (κ3) is 4.71. The van der Waals surface area contributed by atoms with E-state index in [9.17, 15) is 4.79 Å². The fraction of sp³-hybridized carbons (Fsp3) is 0.476. The van der Waals surface area contributed by atoms with Gasteiger partial charge in [-0.05, 0) is 37.0 Å². The molecule has 150 valence electrons. The zero-order valence-electron chi connectivity index (χ0n) is 16.8. The van der Waals surface area contributed by atoms with E-state index in [2.05, 4.69) is 31.7 Å². The number of ether oxygens (including phenoxy) is 1. The SMILES string of the molecule is CCOC(=O)c1ccc(CNC(=NC)N2CCC(C)C(n3ccnc3)C2)cc1. The first-order valence-corrected chi connectivity index (χ1v) is 9.81. The van der Waals surface area contributed by atoms with E-state index in [-0.39, 0.29) is 5.97 Å². The van der Waals surface area contributed by atoms with E-state index in [1.807, 2.05) is 37.9 Å². The Bertz CT molecular complexity index is 786. The number of esters is 1. The molecular weight excluding hydrogens is 354 g/mol. The lowest BCUT2D eigenvalue weighted by molar-refractivity contribution is 0.0526. The molecule has 1 saturated heterocycles. The molecule has 2 heterocycles. The van der Waals surface area contributed by atoms with Crippen molar-refractivity contribution in [2.75, 3.05) is 26.7 Å². The van der Waals surface area contributed by atoms with Crippen LogP contribution in [0, 0.1) is 5.92 Å². The van der Waals surface area contributed by atoms with E-state index in [1.165, 1.54) is 0 Å². The van der Waals surface area contributed by atoms with E-state index in [0.29, 0.717) is 30.7 Å². The van der Waals surface area contributed by atoms with Gasteiger partial charge in [0.15, 0.2) is 5.96 Å². The number of hydrogen-bond acceptors (Lipinski definition) is 4. The van der Waals surface area contributed by atoms with Crippen LogP contribution in [-0.4, -0.2) is 53.1 Å². The highest BCUT2D eigenvalue weighted by atomic mass is 16.5. The van der Waals surface area contributed by atoms with E-state index < -0.39 is 0 Å². The minimum atomic E-state index is -0.286. The lowest BCUT2D eigenvalue weighted by atomic mass is 9.93. The molecule has 1 aromatic heterocycles. The van der Waals surface area contributed by atoms with Crippen molar-refractivity contribution in [3.05, 3.63) is 54.1 Å². The molecule has 2 atom stereocenters. The molecule has 0 spiro atoms. The summed E-state index contributed by atoms with van der Waals surface area (Å²) in [5.41, 5.74) is 1.66. The smallest absolute Gasteiger partial charge is 0.338 e. The second-order valence-electron chi connectivity index (χ2n) is 7.11.